The second-order valence-electron chi connectivity index (χ2n) is 3.37. The monoisotopic (exact) mass is 188 g/mol. The van der Waals surface area contributed by atoms with E-state index in [9.17, 15) is 4.79 Å². The molecule has 1 fully saturated rings. The zero-order valence-electron chi connectivity index (χ0n) is 7.52. The van der Waals surface area contributed by atoms with Crippen molar-refractivity contribution in [3.8, 4) is 0 Å². The molecule has 1 saturated heterocycles. The van der Waals surface area contributed by atoms with Gasteiger partial charge in [0.25, 0.3) is 0 Å². The van der Waals surface area contributed by atoms with E-state index in [-0.39, 0.29) is 19.1 Å². The smallest absolute Gasteiger partial charge is 0.239 e. The molecule has 76 valence electrons. The lowest BCUT2D eigenvalue weighted by Crippen LogP contribution is -2.50. The van der Waals surface area contributed by atoms with E-state index in [1.807, 2.05) is 0 Å². The van der Waals surface area contributed by atoms with Gasteiger partial charge in [-0.3, -0.25) is 4.79 Å². The maximum Gasteiger partial charge on any atom is 0.239 e. The van der Waals surface area contributed by atoms with Crippen molar-refractivity contribution in [1.82, 2.24) is 4.90 Å². The fourth-order valence-corrected chi connectivity index (χ4v) is 1.46. The molecule has 4 N–H and O–H groups in total. The van der Waals surface area contributed by atoms with Gasteiger partial charge in [-0.15, -0.1) is 0 Å². The molecule has 1 aliphatic heterocycles. The molecule has 0 aromatic heterocycles. The number of hydrogen-bond donors (Lipinski definition) is 3. The van der Waals surface area contributed by atoms with Gasteiger partial charge < -0.3 is 20.8 Å². The van der Waals surface area contributed by atoms with Gasteiger partial charge in [-0.1, -0.05) is 0 Å². The van der Waals surface area contributed by atoms with Crippen LogP contribution >= 0.6 is 0 Å². The fourth-order valence-electron chi connectivity index (χ4n) is 1.46. The summed E-state index contributed by atoms with van der Waals surface area (Å²) in [6, 6.07) is -0.431. The number of hydrogen-bond acceptors (Lipinski definition) is 4. The van der Waals surface area contributed by atoms with E-state index in [4.69, 9.17) is 15.9 Å². The molecular weight excluding hydrogens is 172 g/mol. The van der Waals surface area contributed by atoms with Crippen LogP contribution in [0.2, 0.25) is 0 Å². The highest BCUT2D eigenvalue weighted by Gasteiger charge is 2.26. The van der Waals surface area contributed by atoms with E-state index in [1.165, 1.54) is 4.90 Å². The molecule has 1 amide bonds. The Morgan fingerprint density at radius 2 is 2.38 bits per heavy atom. The summed E-state index contributed by atoms with van der Waals surface area (Å²) < 4.78 is 0. The first kappa shape index (κ1) is 10.4. The molecule has 13 heavy (non-hydrogen) atoms. The lowest BCUT2D eigenvalue weighted by Gasteiger charge is -2.31. The second kappa shape index (κ2) is 4.55. The molecule has 0 saturated carbocycles. The van der Waals surface area contributed by atoms with E-state index in [0.717, 1.165) is 6.42 Å². The van der Waals surface area contributed by atoms with Crippen LogP contribution < -0.4 is 5.73 Å². The van der Waals surface area contributed by atoms with Crippen molar-refractivity contribution in [3.63, 3.8) is 0 Å². The molecule has 0 radical (unpaired) electrons. The van der Waals surface area contributed by atoms with Crippen molar-refractivity contribution in [2.75, 3.05) is 19.7 Å². The van der Waals surface area contributed by atoms with Gasteiger partial charge in [0.1, 0.15) is 0 Å². The van der Waals surface area contributed by atoms with Crippen molar-refractivity contribution in [1.29, 1.82) is 0 Å². The highest BCUT2D eigenvalue weighted by Crippen LogP contribution is 2.09. The van der Waals surface area contributed by atoms with Gasteiger partial charge >= 0.3 is 0 Å². The largest absolute Gasteiger partial charge is 0.394 e. The first-order valence-corrected chi connectivity index (χ1v) is 4.48. The van der Waals surface area contributed by atoms with Crippen LogP contribution in [-0.2, 0) is 4.79 Å². The number of amides is 1. The van der Waals surface area contributed by atoms with E-state index >= 15 is 0 Å². The Bertz CT molecular complexity index is 186. The van der Waals surface area contributed by atoms with Gasteiger partial charge in [0.05, 0.1) is 18.8 Å². The van der Waals surface area contributed by atoms with Crippen LogP contribution in [0.1, 0.15) is 12.8 Å². The number of carbonyl (C=O) groups excluding carboxylic acids is 1. The molecule has 0 bridgehead atoms. The Kier molecular flexibility index (Phi) is 3.65. The summed E-state index contributed by atoms with van der Waals surface area (Å²) in [4.78, 5) is 12.9. The predicted octanol–water partition coefficient (Wildman–Crippen LogP) is -1.71. The highest BCUT2D eigenvalue weighted by atomic mass is 16.3. The summed E-state index contributed by atoms with van der Waals surface area (Å²) in [6.45, 7) is 0.492. The lowest BCUT2D eigenvalue weighted by atomic mass is 10.1. The Morgan fingerprint density at radius 1 is 1.69 bits per heavy atom. The minimum absolute atomic E-state index is 0.126. The van der Waals surface area contributed by atoms with Crippen molar-refractivity contribution < 1.29 is 15.0 Å². The maximum absolute atomic E-state index is 11.4. The first-order chi connectivity index (χ1) is 6.15. The quantitative estimate of drug-likeness (QED) is 0.492. The van der Waals surface area contributed by atoms with Gasteiger partial charge in [-0.05, 0) is 12.8 Å². The number of β-amino-alcohol motifs (C(OH)–C–C–N with tert-alkyl or cyclic N) is 1. The van der Waals surface area contributed by atoms with E-state index in [0.29, 0.717) is 13.0 Å². The molecule has 1 aliphatic rings. The van der Waals surface area contributed by atoms with Crippen molar-refractivity contribution in [2.45, 2.75) is 25.0 Å². The number of nitrogens with zero attached hydrogens (tertiary/aromatic N) is 1. The normalized spacial score (nSPS) is 26.2. The standard InChI is InChI=1S/C8H16N2O3/c9-7-2-1-3-10(8(7)13)4-6(12)5-11/h6-7,11-12H,1-5,9H2. The predicted molar refractivity (Wildman–Crippen MR) is 46.9 cm³/mol. The summed E-state index contributed by atoms with van der Waals surface area (Å²) in [5.74, 6) is -0.126. The van der Waals surface area contributed by atoms with Gasteiger partial charge in [-0.2, -0.15) is 0 Å². The number of likely N-dealkylation sites (tertiary alicyclic amines) is 1. The summed E-state index contributed by atoms with van der Waals surface area (Å²) in [7, 11) is 0. The Balaban J connectivity index is 2.44. The molecular formula is C8H16N2O3. The van der Waals surface area contributed by atoms with Crippen LogP contribution in [0.25, 0.3) is 0 Å². The summed E-state index contributed by atoms with van der Waals surface area (Å²) in [5.41, 5.74) is 5.55. The topological polar surface area (TPSA) is 86.8 Å². The molecule has 1 rings (SSSR count). The van der Waals surface area contributed by atoms with Crippen molar-refractivity contribution in [2.24, 2.45) is 5.73 Å². The molecule has 0 aliphatic carbocycles. The van der Waals surface area contributed by atoms with Crippen LogP contribution in [0, 0.1) is 0 Å². The number of nitrogens with two attached hydrogens (primary N) is 1. The van der Waals surface area contributed by atoms with Crippen LogP contribution in [0.15, 0.2) is 0 Å². The zero-order chi connectivity index (χ0) is 9.84. The van der Waals surface area contributed by atoms with E-state index in [1.54, 1.807) is 0 Å². The number of rotatable bonds is 3. The van der Waals surface area contributed by atoms with Gasteiger partial charge in [0.15, 0.2) is 0 Å². The summed E-state index contributed by atoms with van der Waals surface area (Å²) in [6.07, 6.45) is 0.726. The minimum Gasteiger partial charge on any atom is -0.394 e. The van der Waals surface area contributed by atoms with Crippen LogP contribution in [0.4, 0.5) is 0 Å². The maximum atomic E-state index is 11.4. The lowest BCUT2D eigenvalue weighted by molar-refractivity contribution is -0.136. The van der Waals surface area contributed by atoms with Gasteiger partial charge in [0.2, 0.25) is 5.91 Å². The van der Waals surface area contributed by atoms with Crippen LogP contribution in [0.3, 0.4) is 0 Å². The Hall–Kier alpha value is -0.650. The Morgan fingerprint density at radius 3 is 3.00 bits per heavy atom. The first-order valence-electron chi connectivity index (χ1n) is 4.48. The molecule has 5 heteroatoms. The molecule has 2 atom stereocenters. The molecule has 2 unspecified atom stereocenters. The van der Waals surface area contributed by atoms with Gasteiger partial charge in [-0.25, -0.2) is 0 Å². The van der Waals surface area contributed by atoms with Crippen molar-refractivity contribution >= 4 is 5.91 Å². The molecule has 0 spiro atoms. The Labute approximate surface area is 77.1 Å². The number of aliphatic hydroxyl groups is 2. The number of piperidine rings is 1. The third kappa shape index (κ3) is 2.65. The number of carbonyl (C=O) groups is 1. The van der Waals surface area contributed by atoms with Crippen LogP contribution in [-0.4, -0.2) is 52.9 Å². The summed E-state index contributed by atoms with van der Waals surface area (Å²) in [5, 5.41) is 17.7. The molecule has 5 nitrogen and oxygen atoms in total. The fraction of sp³-hybridized carbons (Fsp3) is 0.875. The highest BCUT2D eigenvalue weighted by molar-refractivity contribution is 5.82. The average molecular weight is 188 g/mol. The minimum atomic E-state index is -0.853. The third-order valence-corrected chi connectivity index (χ3v) is 2.21. The van der Waals surface area contributed by atoms with E-state index < -0.39 is 12.1 Å². The van der Waals surface area contributed by atoms with Gasteiger partial charge in [0, 0.05) is 13.1 Å². The van der Waals surface area contributed by atoms with E-state index in [2.05, 4.69) is 0 Å². The molecule has 0 aromatic rings. The van der Waals surface area contributed by atoms with Crippen molar-refractivity contribution in [3.05, 3.63) is 0 Å². The third-order valence-electron chi connectivity index (χ3n) is 2.21. The molecule has 0 aromatic carbocycles. The SMILES string of the molecule is NC1CCCN(CC(O)CO)C1=O. The summed E-state index contributed by atoms with van der Waals surface area (Å²) >= 11 is 0. The second-order valence-corrected chi connectivity index (χ2v) is 3.37. The molecule has 1 heterocycles. The zero-order valence-corrected chi connectivity index (χ0v) is 7.52. The average Bonchev–Trinajstić information content (AvgIpc) is 2.13. The number of aliphatic hydroxyl groups excluding tert-OH is 2. The van der Waals surface area contributed by atoms with Crippen LogP contribution in [0.5, 0.6) is 0 Å².